The number of amides is 1. The lowest BCUT2D eigenvalue weighted by Gasteiger charge is -2.27. The van der Waals surface area contributed by atoms with Gasteiger partial charge in [-0.25, -0.2) is 4.72 Å². The average Bonchev–Trinajstić information content (AvgIpc) is 2.87. The van der Waals surface area contributed by atoms with Crippen LogP contribution in [0.25, 0.3) is 0 Å². The van der Waals surface area contributed by atoms with Crippen molar-refractivity contribution in [3.8, 4) is 5.75 Å². The highest BCUT2D eigenvalue weighted by atomic mass is 32.2. The van der Waals surface area contributed by atoms with Crippen LogP contribution in [-0.2, 0) is 21.5 Å². The molecule has 0 spiro atoms. The summed E-state index contributed by atoms with van der Waals surface area (Å²) in [6.07, 6.45) is -0.0771. The second kappa shape index (κ2) is 15.2. The molecule has 0 atom stereocenters. The molecule has 0 unspecified atom stereocenters. The molecule has 42 heavy (non-hydrogen) atoms. The molecule has 0 aromatic heterocycles. The van der Waals surface area contributed by atoms with Crippen LogP contribution in [0.2, 0.25) is 0 Å². The van der Waals surface area contributed by atoms with E-state index in [2.05, 4.69) is 58.4 Å². The highest BCUT2D eigenvalue weighted by Crippen LogP contribution is 2.39. The van der Waals surface area contributed by atoms with Gasteiger partial charge in [-0.2, -0.15) is 8.42 Å². The summed E-state index contributed by atoms with van der Waals surface area (Å²) in [7, 11) is -4.50. The number of hydrogen-bond acceptors (Lipinski definition) is 7. The van der Waals surface area contributed by atoms with Gasteiger partial charge in [-0.1, -0.05) is 81.4 Å². The van der Waals surface area contributed by atoms with Crippen LogP contribution in [0.15, 0.2) is 24.3 Å². The minimum Gasteiger partial charge on any atom is -0.395 e. The van der Waals surface area contributed by atoms with Crippen molar-refractivity contribution in [1.29, 1.82) is 0 Å². The van der Waals surface area contributed by atoms with Crippen molar-refractivity contribution in [2.75, 3.05) is 31.2 Å². The van der Waals surface area contributed by atoms with Gasteiger partial charge in [0.2, 0.25) is 5.91 Å². The first kappa shape index (κ1) is 35.6. The van der Waals surface area contributed by atoms with Crippen LogP contribution in [0.4, 0.5) is 5.69 Å². The molecular formula is C33H52N2O6S. The SMILES string of the molecule is CC(C)c1cc(C(C)C)c(CC(=O)NS(=O)(=O)Oc2c(C(C)C)cc(N(CCO)CCO)cc2C(C)C)c(C(C)C)c1. The van der Waals surface area contributed by atoms with Gasteiger partial charge in [0.25, 0.3) is 0 Å². The second-order valence-corrected chi connectivity index (χ2v) is 13.9. The quantitative estimate of drug-likeness (QED) is 0.226. The van der Waals surface area contributed by atoms with Gasteiger partial charge in [0.05, 0.1) is 19.6 Å². The Morgan fingerprint density at radius 3 is 1.52 bits per heavy atom. The molecular weight excluding hydrogens is 552 g/mol. The molecule has 3 N–H and O–H groups in total. The van der Waals surface area contributed by atoms with Gasteiger partial charge >= 0.3 is 10.3 Å². The number of nitrogens with zero attached hydrogens (tertiary/aromatic N) is 1. The first-order valence-electron chi connectivity index (χ1n) is 15.1. The minimum absolute atomic E-state index is 0.0771. The topological polar surface area (TPSA) is 116 Å². The maximum atomic E-state index is 13.3. The van der Waals surface area contributed by atoms with Crippen molar-refractivity contribution in [2.45, 2.75) is 105 Å². The summed E-state index contributed by atoms with van der Waals surface area (Å²) in [6.45, 7) is 20.8. The zero-order valence-electron chi connectivity index (χ0n) is 27.1. The second-order valence-electron chi connectivity index (χ2n) is 12.6. The molecule has 2 rings (SSSR count). The predicted octanol–water partition coefficient (Wildman–Crippen LogP) is 6.08. The van der Waals surface area contributed by atoms with E-state index in [9.17, 15) is 23.4 Å². The summed E-state index contributed by atoms with van der Waals surface area (Å²) in [5, 5.41) is 19.1. The molecule has 0 radical (unpaired) electrons. The fraction of sp³-hybridized carbons (Fsp3) is 0.606. The Morgan fingerprint density at radius 1 is 0.738 bits per heavy atom. The molecule has 0 heterocycles. The van der Waals surface area contributed by atoms with Crippen molar-refractivity contribution in [1.82, 2.24) is 4.72 Å². The number of carbonyl (C=O) groups is 1. The molecule has 2 aromatic rings. The summed E-state index contributed by atoms with van der Waals surface area (Å²) in [5.41, 5.74) is 6.23. The van der Waals surface area contributed by atoms with E-state index in [-0.39, 0.29) is 49.1 Å². The van der Waals surface area contributed by atoms with Crippen molar-refractivity contribution in [2.24, 2.45) is 0 Å². The lowest BCUT2D eigenvalue weighted by atomic mass is 9.83. The fourth-order valence-corrected chi connectivity index (χ4v) is 5.99. The summed E-state index contributed by atoms with van der Waals surface area (Å²) >= 11 is 0. The zero-order valence-corrected chi connectivity index (χ0v) is 27.9. The lowest BCUT2D eigenvalue weighted by Crippen LogP contribution is -2.36. The Morgan fingerprint density at radius 2 is 1.17 bits per heavy atom. The Bertz CT molecular complexity index is 1250. The fourth-order valence-electron chi connectivity index (χ4n) is 5.18. The normalized spacial score (nSPS) is 12.2. The predicted molar refractivity (Wildman–Crippen MR) is 171 cm³/mol. The number of benzene rings is 2. The van der Waals surface area contributed by atoms with Crippen LogP contribution < -0.4 is 13.8 Å². The van der Waals surface area contributed by atoms with E-state index in [4.69, 9.17) is 4.18 Å². The number of aliphatic hydroxyl groups is 2. The third kappa shape index (κ3) is 9.19. The lowest BCUT2D eigenvalue weighted by molar-refractivity contribution is -0.118. The molecule has 0 saturated heterocycles. The van der Waals surface area contributed by atoms with E-state index in [1.807, 2.05) is 44.7 Å². The number of aliphatic hydroxyl groups excluding tert-OH is 2. The Kier molecular flexibility index (Phi) is 12.9. The third-order valence-corrected chi connectivity index (χ3v) is 8.37. The standard InChI is InChI=1S/C33H52N2O6S/c1-20(2)25-15-27(21(3)4)31(28(16-25)22(5)6)19-32(38)34-42(39,40)41-33-29(23(7)8)17-26(18-30(33)24(9)10)35(11-13-36)12-14-37/h15-18,20-24,36-37H,11-14,19H2,1-10H3,(H,34,38). The van der Waals surface area contributed by atoms with Crippen LogP contribution in [0.1, 0.15) is 132 Å². The van der Waals surface area contributed by atoms with E-state index in [0.717, 1.165) is 22.4 Å². The summed E-state index contributed by atoms with van der Waals surface area (Å²) in [6, 6.07) is 7.93. The van der Waals surface area contributed by atoms with Gasteiger partial charge in [-0.3, -0.25) is 4.79 Å². The highest BCUT2D eigenvalue weighted by Gasteiger charge is 2.27. The number of rotatable bonds is 15. The largest absolute Gasteiger partial charge is 0.409 e. The Hall–Kier alpha value is -2.62. The highest BCUT2D eigenvalue weighted by molar-refractivity contribution is 7.85. The average molecular weight is 605 g/mol. The minimum atomic E-state index is -4.50. The van der Waals surface area contributed by atoms with Gasteiger partial charge in [-0.05, 0) is 64.0 Å². The molecule has 0 aliphatic carbocycles. The van der Waals surface area contributed by atoms with Crippen LogP contribution in [0, 0.1) is 0 Å². The van der Waals surface area contributed by atoms with Gasteiger partial charge in [-0.15, -0.1) is 0 Å². The first-order chi connectivity index (χ1) is 19.5. The maximum absolute atomic E-state index is 13.3. The summed E-state index contributed by atoms with van der Waals surface area (Å²) in [5.74, 6) is -0.00781. The molecule has 236 valence electrons. The molecule has 0 aliphatic rings. The van der Waals surface area contributed by atoms with Crippen LogP contribution in [0.5, 0.6) is 5.75 Å². The molecule has 2 aromatic carbocycles. The van der Waals surface area contributed by atoms with E-state index in [1.54, 1.807) is 0 Å². The molecule has 8 nitrogen and oxygen atoms in total. The number of carbonyl (C=O) groups excluding carboxylic acids is 1. The van der Waals surface area contributed by atoms with E-state index < -0.39 is 16.2 Å². The monoisotopic (exact) mass is 604 g/mol. The van der Waals surface area contributed by atoms with Crippen molar-refractivity contribution in [3.05, 3.63) is 57.6 Å². The van der Waals surface area contributed by atoms with E-state index in [0.29, 0.717) is 30.1 Å². The number of hydrogen-bond donors (Lipinski definition) is 3. The van der Waals surface area contributed by atoms with Crippen molar-refractivity contribution < 1.29 is 27.6 Å². The van der Waals surface area contributed by atoms with Gasteiger partial charge < -0.3 is 19.3 Å². The van der Waals surface area contributed by atoms with Crippen LogP contribution in [-0.4, -0.2) is 50.8 Å². The molecule has 1 amide bonds. The molecule has 0 saturated carbocycles. The van der Waals surface area contributed by atoms with E-state index in [1.165, 1.54) is 5.56 Å². The molecule has 0 aliphatic heterocycles. The molecule has 9 heteroatoms. The molecule has 0 bridgehead atoms. The Labute approximate surface area is 253 Å². The maximum Gasteiger partial charge on any atom is 0.409 e. The summed E-state index contributed by atoms with van der Waals surface area (Å²) < 4.78 is 34.5. The third-order valence-electron chi connectivity index (χ3n) is 7.50. The van der Waals surface area contributed by atoms with Crippen molar-refractivity contribution >= 4 is 21.9 Å². The zero-order chi connectivity index (χ0) is 31.9. The number of nitrogens with one attached hydrogen (secondary N) is 1. The first-order valence-corrected chi connectivity index (χ1v) is 16.5. The van der Waals surface area contributed by atoms with Crippen LogP contribution in [0.3, 0.4) is 0 Å². The smallest absolute Gasteiger partial charge is 0.395 e. The molecule has 0 fully saturated rings. The van der Waals surface area contributed by atoms with E-state index >= 15 is 0 Å². The van der Waals surface area contributed by atoms with Crippen LogP contribution >= 0.6 is 0 Å². The van der Waals surface area contributed by atoms with Crippen molar-refractivity contribution in [3.63, 3.8) is 0 Å². The van der Waals surface area contributed by atoms with Gasteiger partial charge in [0.1, 0.15) is 0 Å². The van der Waals surface area contributed by atoms with Gasteiger partial charge in [0, 0.05) is 29.9 Å². The summed E-state index contributed by atoms with van der Waals surface area (Å²) in [4.78, 5) is 15.1. The number of anilines is 1. The Balaban J connectivity index is 2.49. The van der Waals surface area contributed by atoms with Gasteiger partial charge in [0.15, 0.2) is 5.75 Å².